The van der Waals surface area contributed by atoms with Gasteiger partial charge in [-0.25, -0.2) is 13.6 Å². The van der Waals surface area contributed by atoms with Crippen LogP contribution in [0.2, 0.25) is 0 Å². The zero-order valence-electron chi connectivity index (χ0n) is 13.1. The van der Waals surface area contributed by atoms with E-state index in [4.69, 9.17) is 9.47 Å². The number of nitrogens with one attached hydrogen (secondary N) is 1. The molecule has 2 rings (SSSR count). The average Bonchev–Trinajstić information content (AvgIpc) is 2.52. The van der Waals surface area contributed by atoms with E-state index in [0.29, 0.717) is 17.5 Å². The molecule has 0 spiro atoms. The minimum absolute atomic E-state index is 0.312. The number of rotatable bonds is 5. The first-order valence-electron chi connectivity index (χ1n) is 6.97. The average molecular weight is 335 g/mol. The van der Waals surface area contributed by atoms with Crippen molar-refractivity contribution in [3.8, 4) is 5.75 Å². The Hall–Kier alpha value is -2.96. The second kappa shape index (κ2) is 7.54. The number of carbonyl (C=O) groups is 2. The fourth-order valence-corrected chi connectivity index (χ4v) is 1.99. The highest BCUT2D eigenvalue weighted by Crippen LogP contribution is 2.25. The molecule has 2 aromatic rings. The summed E-state index contributed by atoms with van der Waals surface area (Å²) in [5.41, 5.74) is 1.02. The smallest absolute Gasteiger partial charge is 0.338 e. The zero-order valence-corrected chi connectivity index (χ0v) is 13.1. The number of methoxy groups -OCH3 is 1. The second-order valence-electron chi connectivity index (χ2n) is 4.99. The van der Waals surface area contributed by atoms with Crippen LogP contribution < -0.4 is 10.1 Å². The van der Waals surface area contributed by atoms with Crippen molar-refractivity contribution < 1.29 is 27.8 Å². The molecule has 0 aromatic heterocycles. The van der Waals surface area contributed by atoms with Gasteiger partial charge in [-0.3, -0.25) is 4.79 Å². The Bertz CT molecular complexity index is 757. The lowest BCUT2D eigenvalue weighted by Crippen LogP contribution is -2.21. The molecule has 0 atom stereocenters. The Labute approximate surface area is 137 Å². The number of aryl methyl sites for hydroxylation is 1. The maximum absolute atomic E-state index is 13.1. The van der Waals surface area contributed by atoms with Gasteiger partial charge in [0.2, 0.25) is 0 Å². The fraction of sp³-hybridized carbons (Fsp3) is 0.176. The summed E-state index contributed by atoms with van der Waals surface area (Å²) in [4.78, 5) is 23.6. The van der Waals surface area contributed by atoms with Gasteiger partial charge < -0.3 is 14.8 Å². The number of hydrogen-bond acceptors (Lipinski definition) is 4. The summed E-state index contributed by atoms with van der Waals surface area (Å²) >= 11 is 0. The molecule has 0 saturated carbocycles. The van der Waals surface area contributed by atoms with E-state index >= 15 is 0 Å². The van der Waals surface area contributed by atoms with Crippen LogP contribution in [-0.2, 0) is 9.53 Å². The van der Waals surface area contributed by atoms with Crippen LogP contribution in [0.5, 0.6) is 5.75 Å². The standard InChI is InChI=1S/C17H15F2NO4/c1-10-3-4-15(23-2)14(5-10)20-16(21)9-24-17(22)11-6-12(18)8-13(19)7-11/h3-8H,9H2,1-2H3,(H,20,21). The molecule has 0 saturated heterocycles. The first kappa shape index (κ1) is 17.4. The van der Waals surface area contributed by atoms with Crippen molar-refractivity contribution in [3.63, 3.8) is 0 Å². The van der Waals surface area contributed by atoms with Crippen LogP contribution in [0.3, 0.4) is 0 Å². The Balaban J connectivity index is 1.98. The molecule has 0 aliphatic carbocycles. The molecular formula is C17H15F2NO4. The normalized spacial score (nSPS) is 10.2. The lowest BCUT2D eigenvalue weighted by molar-refractivity contribution is -0.119. The van der Waals surface area contributed by atoms with Crippen molar-refractivity contribution in [1.82, 2.24) is 0 Å². The number of hydrogen-bond donors (Lipinski definition) is 1. The highest BCUT2D eigenvalue weighted by atomic mass is 19.1. The third-order valence-electron chi connectivity index (χ3n) is 3.06. The van der Waals surface area contributed by atoms with Gasteiger partial charge in [0.05, 0.1) is 18.4 Å². The molecule has 5 nitrogen and oxygen atoms in total. The first-order chi connectivity index (χ1) is 11.4. The second-order valence-corrected chi connectivity index (χ2v) is 4.99. The SMILES string of the molecule is COc1ccc(C)cc1NC(=O)COC(=O)c1cc(F)cc(F)c1. The summed E-state index contributed by atoms with van der Waals surface area (Å²) in [6.07, 6.45) is 0. The van der Waals surface area contributed by atoms with E-state index < -0.39 is 30.1 Å². The van der Waals surface area contributed by atoms with Crippen molar-refractivity contribution in [1.29, 1.82) is 0 Å². The Morgan fingerprint density at radius 2 is 1.75 bits per heavy atom. The molecule has 0 fully saturated rings. The molecule has 0 unspecified atom stereocenters. The van der Waals surface area contributed by atoms with Crippen LogP contribution in [-0.4, -0.2) is 25.6 Å². The summed E-state index contributed by atoms with van der Waals surface area (Å²) in [6.45, 7) is 1.24. The molecule has 126 valence electrons. The van der Waals surface area contributed by atoms with Crippen LogP contribution in [0.25, 0.3) is 0 Å². The maximum Gasteiger partial charge on any atom is 0.338 e. The lowest BCUT2D eigenvalue weighted by atomic mass is 10.2. The van der Waals surface area contributed by atoms with Crippen LogP contribution >= 0.6 is 0 Å². The Morgan fingerprint density at radius 3 is 2.38 bits per heavy atom. The lowest BCUT2D eigenvalue weighted by Gasteiger charge is -2.11. The summed E-state index contributed by atoms with van der Waals surface area (Å²) in [7, 11) is 1.46. The van der Waals surface area contributed by atoms with Gasteiger partial charge in [0.1, 0.15) is 17.4 Å². The van der Waals surface area contributed by atoms with Crippen molar-refractivity contribution >= 4 is 17.6 Å². The molecule has 2 aromatic carbocycles. The monoisotopic (exact) mass is 335 g/mol. The van der Waals surface area contributed by atoms with Gasteiger partial charge in [-0.2, -0.15) is 0 Å². The molecule has 0 bridgehead atoms. The largest absolute Gasteiger partial charge is 0.495 e. The Morgan fingerprint density at radius 1 is 1.08 bits per heavy atom. The van der Waals surface area contributed by atoms with Crippen LogP contribution in [0, 0.1) is 18.6 Å². The fourth-order valence-electron chi connectivity index (χ4n) is 1.99. The van der Waals surface area contributed by atoms with E-state index in [1.807, 2.05) is 13.0 Å². The molecule has 24 heavy (non-hydrogen) atoms. The van der Waals surface area contributed by atoms with Gasteiger partial charge in [0, 0.05) is 6.07 Å². The van der Waals surface area contributed by atoms with Crippen LogP contribution in [0.1, 0.15) is 15.9 Å². The molecule has 0 heterocycles. The predicted octanol–water partition coefficient (Wildman–Crippen LogP) is 3.08. The molecule has 0 radical (unpaired) electrons. The number of esters is 1. The van der Waals surface area contributed by atoms with E-state index in [9.17, 15) is 18.4 Å². The third-order valence-corrected chi connectivity index (χ3v) is 3.06. The summed E-state index contributed by atoms with van der Waals surface area (Å²) in [5, 5.41) is 2.54. The molecule has 0 aliphatic rings. The quantitative estimate of drug-likeness (QED) is 0.853. The Kier molecular flexibility index (Phi) is 5.47. The number of benzene rings is 2. The van der Waals surface area contributed by atoms with E-state index in [2.05, 4.69) is 5.32 Å². The highest BCUT2D eigenvalue weighted by Gasteiger charge is 2.14. The van der Waals surface area contributed by atoms with E-state index in [0.717, 1.165) is 17.7 Å². The molecule has 1 amide bonds. The van der Waals surface area contributed by atoms with Gasteiger partial charge in [-0.15, -0.1) is 0 Å². The maximum atomic E-state index is 13.1. The number of carbonyl (C=O) groups excluding carboxylic acids is 2. The van der Waals surface area contributed by atoms with E-state index in [1.54, 1.807) is 12.1 Å². The van der Waals surface area contributed by atoms with E-state index in [1.165, 1.54) is 7.11 Å². The number of amides is 1. The highest BCUT2D eigenvalue weighted by molar-refractivity contribution is 5.96. The van der Waals surface area contributed by atoms with Gasteiger partial charge in [-0.1, -0.05) is 6.07 Å². The van der Waals surface area contributed by atoms with Crippen LogP contribution in [0.4, 0.5) is 14.5 Å². The molecule has 0 aliphatic heterocycles. The van der Waals surface area contributed by atoms with Crippen molar-refractivity contribution in [2.75, 3.05) is 19.0 Å². The topological polar surface area (TPSA) is 64.6 Å². The number of halogens is 2. The van der Waals surface area contributed by atoms with Gasteiger partial charge in [0.15, 0.2) is 6.61 Å². The molecule has 7 heteroatoms. The van der Waals surface area contributed by atoms with Gasteiger partial charge in [-0.05, 0) is 36.8 Å². The zero-order chi connectivity index (χ0) is 17.7. The molecular weight excluding hydrogens is 320 g/mol. The van der Waals surface area contributed by atoms with Crippen molar-refractivity contribution in [2.45, 2.75) is 6.92 Å². The first-order valence-corrected chi connectivity index (χ1v) is 6.97. The van der Waals surface area contributed by atoms with Gasteiger partial charge in [0.25, 0.3) is 5.91 Å². The van der Waals surface area contributed by atoms with E-state index in [-0.39, 0.29) is 5.56 Å². The summed E-state index contributed by atoms with van der Waals surface area (Å²) < 4.78 is 36.0. The van der Waals surface area contributed by atoms with Crippen molar-refractivity contribution in [3.05, 3.63) is 59.2 Å². The summed E-state index contributed by atoms with van der Waals surface area (Å²) in [6, 6.07) is 7.48. The number of anilines is 1. The molecule has 1 N–H and O–H groups in total. The number of ether oxygens (including phenoxy) is 2. The predicted molar refractivity (Wildman–Crippen MR) is 83.0 cm³/mol. The van der Waals surface area contributed by atoms with Crippen LogP contribution in [0.15, 0.2) is 36.4 Å². The summed E-state index contributed by atoms with van der Waals surface area (Å²) in [5.74, 6) is -2.97. The van der Waals surface area contributed by atoms with Gasteiger partial charge >= 0.3 is 5.97 Å². The third kappa shape index (κ3) is 4.52. The minimum Gasteiger partial charge on any atom is -0.495 e. The minimum atomic E-state index is -1.00. The van der Waals surface area contributed by atoms with Crippen molar-refractivity contribution in [2.24, 2.45) is 0 Å².